The maximum absolute atomic E-state index is 12.3. The molecule has 0 aromatic heterocycles. The Bertz CT molecular complexity index is 376. The van der Waals surface area contributed by atoms with Gasteiger partial charge in [0, 0.05) is 0 Å². The van der Waals surface area contributed by atoms with Gasteiger partial charge in [-0.2, -0.15) is 0 Å². The lowest BCUT2D eigenvalue weighted by Gasteiger charge is -2.06. The number of hydrogen-bond donors (Lipinski definition) is 3. The largest absolute Gasteiger partial charge is 0.508 e. The van der Waals surface area contributed by atoms with Gasteiger partial charge in [-0.15, -0.1) is 0 Å². The summed E-state index contributed by atoms with van der Waals surface area (Å²) >= 11 is 0. The van der Waals surface area contributed by atoms with Crippen molar-refractivity contribution in [3.05, 3.63) is 35.9 Å². The Morgan fingerprint density at radius 2 is 1.87 bits per heavy atom. The number of hydrazine groups is 1. The second-order valence-electron chi connectivity index (χ2n) is 3.26. The molecule has 15 heavy (non-hydrogen) atoms. The third kappa shape index (κ3) is 2.07. The smallest absolute Gasteiger partial charge is 0.259 e. The molecule has 3 nitrogen and oxygen atoms in total. The van der Waals surface area contributed by atoms with Crippen molar-refractivity contribution in [2.75, 3.05) is 0 Å². The number of hydrogen-bond acceptors (Lipinski definition) is 3. The molecule has 1 aromatic carbocycles. The summed E-state index contributed by atoms with van der Waals surface area (Å²) in [5, 5.41) is 9.06. The Labute approximate surface area is 85.4 Å². The zero-order chi connectivity index (χ0) is 10.8. The molecular weight excluding hydrogens is 202 g/mol. The van der Waals surface area contributed by atoms with E-state index in [-0.39, 0.29) is 5.75 Å². The minimum Gasteiger partial charge on any atom is -0.508 e. The summed E-state index contributed by atoms with van der Waals surface area (Å²) in [5.74, 6) is 0.149. The lowest BCUT2D eigenvalue weighted by atomic mass is 10.1. The third-order valence-corrected chi connectivity index (χ3v) is 2.17. The Morgan fingerprint density at radius 1 is 1.20 bits per heavy atom. The van der Waals surface area contributed by atoms with E-state index in [1.165, 1.54) is 18.2 Å². The van der Waals surface area contributed by atoms with E-state index in [0.29, 0.717) is 5.70 Å². The summed E-state index contributed by atoms with van der Waals surface area (Å²) in [4.78, 5) is 0. The quantitative estimate of drug-likeness (QED) is 0.695. The summed E-state index contributed by atoms with van der Waals surface area (Å²) in [6.45, 7) is 0. The number of alkyl halides is 2. The van der Waals surface area contributed by atoms with E-state index in [9.17, 15) is 8.78 Å². The molecule has 1 aliphatic heterocycles. The average molecular weight is 212 g/mol. The van der Waals surface area contributed by atoms with E-state index in [1.807, 2.05) is 0 Å². The molecule has 0 saturated heterocycles. The van der Waals surface area contributed by atoms with Gasteiger partial charge in [0.05, 0.1) is 5.70 Å². The summed E-state index contributed by atoms with van der Waals surface area (Å²) < 4.78 is 24.6. The summed E-state index contributed by atoms with van der Waals surface area (Å²) in [6, 6.07) is 5.36. The predicted molar refractivity (Wildman–Crippen MR) is 52.1 cm³/mol. The molecule has 0 amide bonds. The molecule has 1 heterocycles. The van der Waals surface area contributed by atoms with Gasteiger partial charge in [0.15, 0.2) is 0 Å². The van der Waals surface area contributed by atoms with Crippen LogP contribution in [0.4, 0.5) is 8.78 Å². The van der Waals surface area contributed by atoms with Crippen LogP contribution in [0.25, 0.3) is 5.70 Å². The molecule has 5 heteroatoms. The standard InChI is InChI=1S/C10H10F2N2O/c11-10(12)9-5-8(13-14-9)6-1-3-7(15)4-2-6/h1-5,9-10,13-15H. The van der Waals surface area contributed by atoms with E-state index in [4.69, 9.17) is 5.11 Å². The van der Waals surface area contributed by atoms with Crippen molar-refractivity contribution in [1.29, 1.82) is 0 Å². The van der Waals surface area contributed by atoms with Gasteiger partial charge in [-0.05, 0) is 35.9 Å². The zero-order valence-electron chi connectivity index (χ0n) is 7.74. The molecule has 0 saturated carbocycles. The van der Waals surface area contributed by atoms with E-state index in [0.717, 1.165) is 5.56 Å². The Morgan fingerprint density at radius 3 is 2.40 bits per heavy atom. The third-order valence-electron chi connectivity index (χ3n) is 2.17. The molecule has 80 valence electrons. The maximum atomic E-state index is 12.3. The first-order valence-corrected chi connectivity index (χ1v) is 4.48. The maximum Gasteiger partial charge on any atom is 0.259 e. The number of phenolic OH excluding ortho intramolecular Hbond substituents is 1. The Balaban J connectivity index is 2.19. The summed E-state index contributed by atoms with van der Waals surface area (Å²) in [7, 11) is 0. The number of phenols is 1. The van der Waals surface area contributed by atoms with Gasteiger partial charge >= 0.3 is 0 Å². The van der Waals surface area contributed by atoms with Gasteiger partial charge in [-0.1, -0.05) is 0 Å². The van der Waals surface area contributed by atoms with Gasteiger partial charge < -0.3 is 10.5 Å². The second-order valence-corrected chi connectivity index (χ2v) is 3.26. The highest BCUT2D eigenvalue weighted by Crippen LogP contribution is 2.20. The van der Waals surface area contributed by atoms with Crippen LogP contribution in [-0.4, -0.2) is 17.6 Å². The van der Waals surface area contributed by atoms with Gasteiger partial charge in [0.25, 0.3) is 6.43 Å². The number of halogens is 2. The highest BCUT2D eigenvalue weighted by molar-refractivity contribution is 5.66. The fourth-order valence-corrected chi connectivity index (χ4v) is 1.37. The van der Waals surface area contributed by atoms with Crippen LogP contribution in [0.3, 0.4) is 0 Å². The van der Waals surface area contributed by atoms with Gasteiger partial charge in [0.2, 0.25) is 0 Å². The fraction of sp³-hybridized carbons (Fsp3) is 0.200. The lowest BCUT2D eigenvalue weighted by Crippen LogP contribution is -2.36. The first-order valence-electron chi connectivity index (χ1n) is 4.48. The van der Waals surface area contributed by atoms with Crippen molar-refractivity contribution in [1.82, 2.24) is 10.9 Å². The second kappa shape index (κ2) is 3.86. The minimum atomic E-state index is -2.44. The lowest BCUT2D eigenvalue weighted by molar-refractivity contribution is 0.118. The highest BCUT2D eigenvalue weighted by atomic mass is 19.3. The molecule has 1 aromatic rings. The number of nitrogens with one attached hydrogen (secondary N) is 2. The van der Waals surface area contributed by atoms with E-state index in [1.54, 1.807) is 12.1 Å². The van der Waals surface area contributed by atoms with Crippen molar-refractivity contribution in [3.8, 4) is 5.75 Å². The van der Waals surface area contributed by atoms with Crippen molar-refractivity contribution in [2.24, 2.45) is 0 Å². The van der Waals surface area contributed by atoms with Crippen LogP contribution in [0.2, 0.25) is 0 Å². The van der Waals surface area contributed by atoms with Crippen molar-refractivity contribution in [2.45, 2.75) is 12.5 Å². The SMILES string of the molecule is Oc1ccc(C2=CC(C(F)F)NN2)cc1. The minimum absolute atomic E-state index is 0.149. The van der Waals surface area contributed by atoms with Crippen LogP contribution in [-0.2, 0) is 0 Å². The molecule has 1 atom stereocenters. The molecule has 1 unspecified atom stereocenters. The van der Waals surface area contributed by atoms with Gasteiger partial charge in [-0.3, -0.25) is 0 Å². The van der Waals surface area contributed by atoms with E-state index >= 15 is 0 Å². The molecular formula is C10H10F2N2O. The fourth-order valence-electron chi connectivity index (χ4n) is 1.37. The van der Waals surface area contributed by atoms with Crippen LogP contribution in [0, 0.1) is 0 Å². The highest BCUT2D eigenvalue weighted by Gasteiger charge is 2.23. The van der Waals surface area contributed by atoms with Crippen LogP contribution in [0.1, 0.15) is 5.56 Å². The van der Waals surface area contributed by atoms with Gasteiger partial charge in [-0.25, -0.2) is 14.2 Å². The van der Waals surface area contributed by atoms with Crippen LogP contribution in [0.5, 0.6) is 5.75 Å². The molecule has 3 N–H and O–H groups in total. The average Bonchev–Trinajstić information content (AvgIpc) is 2.68. The predicted octanol–water partition coefficient (Wildman–Crippen LogP) is 1.47. The topological polar surface area (TPSA) is 44.3 Å². The van der Waals surface area contributed by atoms with Crippen molar-refractivity contribution < 1.29 is 13.9 Å². The van der Waals surface area contributed by atoms with Crippen LogP contribution >= 0.6 is 0 Å². The first kappa shape index (κ1) is 9.92. The monoisotopic (exact) mass is 212 g/mol. The van der Waals surface area contributed by atoms with Crippen molar-refractivity contribution >= 4 is 5.70 Å². The summed E-state index contributed by atoms with van der Waals surface area (Å²) in [5.41, 5.74) is 6.49. The number of benzene rings is 1. The normalized spacial score (nSPS) is 20.2. The molecule has 0 aliphatic carbocycles. The van der Waals surface area contributed by atoms with Gasteiger partial charge in [0.1, 0.15) is 11.8 Å². The molecule has 0 fully saturated rings. The van der Waals surface area contributed by atoms with E-state index in [2.05, 4.69) is 10.9 Å². The van der Waals surface area contributed by atoms with Crippen molar-refractivity contribution in [3.63, 3.8) is 0 Å². The molecule has 1 aliphatic rings. The number of aromatic hydroxyl groups is 1. The van der Waals surface area contributed by atoms with E-state index < -0.39 is 12.5 Å². The Kier molecular flexibility index (Phi) is 2.55. The summed E-state index contributed by atoms with van der Waals surface area (Å²) in [6.07, 6.45) is -1.01. The molecule has 0 bridgehead atoms. The van der Waals surface area contributed by atoms with Crippen LogP contribution in [0.15, 0.2) is 30.3 Å². The molecule has 2 rings (SSSR count). The zero-order valence-corrected chi connectivity index (χ0v) is 7.74. The van der Waals surface area contributed by atoms with Crippen LogP contribution < -0.4 is 10.9 Å². The molecule has 0 radical (unpaired) electrons. The number of rotatable bonds is 2. The molecule has 0 spiro atoms. The Hall–Kier alpha value is -1.62. The first-order chi connectivity index (χ1) is 7.16.